The quantitative estimate of drug-likeness (QED) is 0.149. The summed E-state index contributed by atoms with van der Waals surface area (Å²) >= 11 is 6.15. The molecule has 0 saturated carbocycles. The Labute approximate surface area is 277 Å². The molecule has 0 saturated heterocycles. The highest BCUT2D eigenvalue weighted by Gasteiger charge is 2.34. The van der Waals surface area contributed by atoms with Crippen molar-refractivity contribution in [2.45, 2.75) is 50.6 Å². The summed E-state index contributed by atoms with van der Waals surface area (Å²) < 4.78 is 34.8. The lowest BCUT2D eigenvalue weighted by molar-refractivity contribution is -0.140. The van der Waals surface area contributed by atoms with E-state index in [0.717, 1.165) is 33.8 Å². The number of nitrogens with one attached hydrogen (secondary N) is 1. The number of hydrogen-bond acceptors (Lipinski definition) is 5. The Bertz CT molecular complexity index is 1700. The van der Waals surface area contributed by atoms with Gasteiger partial charge in [0.25, 0.3) is 10.0 Å². The fraction of sp³-hybridized carbons (Fsp3) is 0.278. The molecule has 0 radical (unpaired) electrons. The van der Waals surface area contributed by atoms with Crippen molar-refractivity contribution < 1.29 is 22.7 Å². The fourth-order valence-electron chi connectivity index (χ4n) is 4.98. The summed E-state index contributed by atoms with van der Waals surface area (Å²) in [5.74, 6) is -0.418. The highest BCUT2D eigenvalue weighted by atomic mass is 35.5. The Morgan fingerprint density at radius 3 is 2.24 bits per heavy atom. The van der Waals surface area contributed by atoms with Gasteiger partial charge in [-0.3, -0.25) is 13.9 Å². The van der Waals surface area contributed by atoms with Gasteiger partial charge in [-0.1, -0.05) is 91.2 Å². The number of hydrogen-bond donors (Lipinski definition) is 1. The SMILES string of the molecule is CCCCNC(=O)C(Cc1ccccc1)N(Cc1ccc(Cl)cc1)C(=O)CN(c1cccc(OC)c1)S(=O)(=O)c1ccc(C)cc1. The van der Waals surface area contributed by atoms with Crippen LogP contribution in [0.5, 0.6) is 5.75 Å². The molecule has 0 aliphatic carbocycles. The highest BCUT2D eigenvalue weighted by molar-refractivity contribution is 7.92. The fourth-order valence-corrected chi connectivity index (χ4v) is 6.51. The zero-order valence-electron chi connectivity index (χ0n) is 26.4. The van der Waals surface area contributed by atoms with Gasteiger partial charge < -0.3 is 15.0 Å². The van der Waals surface area contributed by atoms with E-state index in [1.165, 1.54) is 24.1 Å². The third-order valence-electron chi connectivity index (χ3n) is 7.60. The zero-order valence-corrected chi connectivity index (χ0v) is 27.9. The summed E-state index contributed by atoms with van der Waals surface area (Å²) in [6, 6.07) is 28.6. The normalized spacial score (nSPS) is 11.8. The Morgan fingerprint density at radius 2 is 1.59 bits per heavy atom. The number of rotatable bonds is 15. The van der Waals surface area contributed by atoms with Crippen LogP contribution in [-0.2, 0) is 32.6 Å². The molecule has 8 nitrogen and oxygen atoms in total. The number of methoxy groups -OCH3 is 1. The summed E-state index contributed by atoms with van der Waals surface area (Å²) in [6.07, 6.45) is 1.92. The molecule has 0 aliphatic rings. The molecule has 0 bridgehead atoms. The van der Waals surface area contributed by atoms with E-state index in [1.54, 1.807) is 60.7 Å². The monoisotopic (exact) mass is 661 g/mol. The predicted molar refractivity (Wildman–Crippen MR) is 183 cm³/mol. The van der Waals surface area contributed by atoms with Gasteiger partial charge in [0.1, 0.15) is 18.3 Å². The third kappa shape index (κ3) is 9.11. The van der Waals surface area contributed by atoms with Gasteiger partial charge >= 0.3 is 0 Å². The van der Waals surface area contributed by atoms with Crippen LogP contribution >= 0.6 is 11.6 Å². The number of unbranched alkanes of at least 4 members (excludes halogenated alkanes) is 1. The maximum absolute atomic E-state index is 14.5. The number of carbonyl (C=O) groups is 2. The van der Waals surface area contributed by atoms with E-state index in [9.17, 15) is 18.0 Å². The topological polar surface area (TPSA) is 96.0 Å². The first-order valence-electron chi connectivity index (χ1n) is 15.2. The van der Waals surface area contributed by atoms with Crippen molar-refractivity contribution in [3.63, 3.8) is 0 Å². The number of benzene rings is 4. The average molecular weight is 662 g/mol. The molecule has 0 heterocycles. The van der Waals surface area contributed by atoms with Gasteiger partial charge in [0.05, 0.1) is 17.7 Å². The summed E-state index contributed by atoms with van der Waals surface area (Å²) in [4.78, 5) is 29.9. The lowest BCUT2D eigenvalue weighted by Crippen LogP contribution is -2.53. The number of nitrogens with zero attached hydrogens (tertiary/aromatic N) is 2. The Hall–Kier alpha value is -4.34. The second-order valence-corrected chi connectivity index (χ2v) is 13.3. The van der Waals surface area contributed by atoms with E-state index in [0.29, 0.717) is 17.3 Å². The van der Waals surface area contributed by atoms with Gasteiger partial charge in [0.2, 0.25) is 11.8 Å². The molecular formula is C36H40ClN3O5S. The second-order valence-electron chi connectivity index (χ2n) is 11.0. The van der Waals surface area contributed by atoms with E-state index in [1.807, 2.05) is 44.2 Å². The third-order valence-corrected chi connectivity index (χ3v) is 9.64. The van der Waals surface area contributed by atoms with Crippen LogP contribution in [0.15, 0.2) is 108 Å². The molecule has 4 aromatic carbocycles. The molecule has 46 heavy (non-hydrogen) atoms. The van der Waals surface area contributed by atoms with Crippen LogP contribution in [0.3, 0.4) is 0 Å². The van der Waals surface area contributed by atoms with Gasteiger partial charge in [-0.15, -0.1) is 0 Å². The van der Waals surface area contributed by atoms with Crippen molar-refractivity contribution in [3.8, 4) is 5.75 Å². The maximum atomic E-state index is 14.5. The molecule has 1 unspecified atom stereocenters. The average Bonchev–Trinajstić information content (AvgIpc) is 3.06. The van der Waals surface area contributed by atoms with E-state index >= 15 is 0 Å². The molecule has 10 heteroatoms. The largest absolute Gasteiger partial charge is 0.497 e. The van der Waals surface area contributed by atoms with Crippen LogP contribution < -0.4 is 14.4 Å². The Morgan fingerprint density at radius 1 is 0.891 bits per heavy atom. The lowest BCUT2D eigenvalue weighted by atomic mass is 10.0. The van der Waals surface area contributed by atoms with Gasteiger partial charge in [-0.05, 0) is 60.9 Å². The van der Waals surface area contributed by atoms with Crippen LogP contribution in [0.4, 0.5) is 5.69 Å². The molecule has 0 aliphatic heterocycles. The van der Waals surface area contributed by atoms with Gasteiger partial charge in [-0.2, -0.15) is 0 Å². The predicted octanol–water partition coefficient (Wildman–Crippen LogP) is 6.41. The zero-order chi connectivity index (χ0) is 33.1. The van der Waals surface area contributed by atoms with Crippen LogP contribution in [-0.4, -0.2) is 51.4 Å². The molecule has 242 valence electrons. The van der Waals surface area contributed by atoms with Gasteiger partial charge in [0.15, 0.2) is 0 Å². The van der Waals surface area contributed by atoms with Crippen molar-refractivity contribution in [1.29, 1.82) is 0 Å². The molecular weight excluding hydrogens is 622 g/mol. The number of sulfonamides is 1. The molecule has 1 atom stereocenters. The van der Waals surface area contributed by atoms with E-state index in [-0.39, 0.29) is 29.5 Å². The van der Waals surface area contributed by atoms with Crippen LogP contribution in [0, 0.1) is 6.92 Å². The number of aryl methyl sites for hydroxylation is 1. The van der Waals surface area contributed by atoms with Crippen molar-refractivity contribution in [2.24, 2.45) is 0 Å². The standard InChI is InChI=1S/C36H40ClN3O5S/c1-4-5-22-38-36(42)34(23-28-10-7-6-8-11-28)39(25-29-16-18-30(37)19-17-29)35(41)26-40(31-12-9-13-32(24-31)45-3)46(43,44)33-20-14-27(2)15-21-33/h6-21,24,34H,4-5,22-23,25-26H2,1-3H3,(H,38,42). The summed E-state index contributed by atoms with van der Waals surface area (Å²) in [5.41, 5.74) is 2.76. The number of carbonyl (C=O) groups excluding carboxylic acids is 2. The van der Waals surface area contributed by atoms with Crippen LogP contribution in [0.2, 0.25) is 5.02 Å². The lowest BCUT2D eigenvalue weighted by Gasteiger charge is -2.34. The first kappa shape index (κ1) is 34.5. The smallest absolute Gasteiger partial charge is 0.264 e. The summed E-state index contributed by atoms with van der Waals surface area (Å²) in [5, 5.41) is 3.53. The number of halogens is 1. The molecule has 0 fully saturated rings. The summed E-state index contributed by atoms with van der Waals surface area (Å²) in [6.45, 7) is 3.87. The van der Waals surface area contributed by atoms with E-state index < -0.39 is 28.5 Å². The Kier molecular flexibility index (Phi) is 12.2. The van der Waals surface area contributed by atoms with Crippen molar-refractivity contribution in [1.82, 2.24) is 10.2 Å². The minimum atomic E-state index is -4.21. The molecule has 4 aromatic rings. The molecule has 1 N–H and O–H groups in total. The Balaban J connectivity index is 1.80. The van der Waals surface area contributed by atoms with E-state index in [4.69, 9.17) is 16.3 Å². The van der Waals surface area contributed by atoms with Crippen molar-refractivity contribution >= 4 is 39.1 Å². The summed E-state index contributed by atoms with van der Waals surface area (Å²) in [7, 11) is -2.72. The highest BCUT2D eigenvalue weighted by Crippen LogP contribution is 2.28. The molecule has 4 rings (SSSR count). The number of anilines is 1. The number of amides is 2. The van der Waals surface area contributed by atoms with Crippen molar-refractivity contribution in [2.75, 3.05) is 24.5 Å². The minimum Gasteiger partial charge on any atom is -0.497 e. The number of ether oxygens (including phenoxy) is 1. The van der Waals surface area contributed by atoms with Gasteiger partial charge in [0, 0.05) is 30.6 Å². The second kappa shape index (κ2) is 16.3. The van der Waals surface area contributed by atoms with Crippen LogP contribution in [0.1, 0.15) is 36.5 Å². The molecule has 0 aromatic heterocycles. The van der Waals surface area contributed by atoms with Crippen molar-refractivity contribution in [3.05, 3.63) is 125 Å². The van der Waals surface area contributed by atoms with Gasteiger partial charge in [-0.25, -0.2) is 8.42 Å². The van der Waals surface area contributed by atoms with E-state index in [2.05, 4.69) is 5.32 Å². The molecule has 0 spiro atoms. The minimum absolute atomic E-state index is 0.0381. The first-order chi connectivity index (χ1) is 22.1. The van der Waals surface area contributed by atoms with Crippen LogP contribution in [0.25, 0.3) is 0 Å². The molecule has 2 amide bonds. The maximum Gasteiger partial charge on any atom is 0.264 e. The first-order valence-corrected chi connectivity index (χ1v) is 17.0.